The van der Waals surface area contributed by atoms with Crippen molar-refractivity contribution in [3.63, 3.8) is 0 Å². The van der Waals surface area contributed by atoms with E-state index in [1.54, 1.807) is 7.11 Å². The highest BCUT2D eigenvalue weighted by Crippen LogP contribution is 2.34. The predicted octanol–water partition coefficient (Wildman–Crippen LogP) is 4.61. The summed E-state index contributed by atoms with van der Waals surface area (Å²) in [4.78, 5) is 2.28. The van der Waals surface area contributed by atoms with Crippen molar-refractivity contribution >= 4 is 23.0 Å². The molecule has 4 rings (SSSR count). The van der Waals surface area contributed by atoms with Gasteiger partial charge in [-0.15, -0.1) is 0 Å². The Morgan fingerprint density at radius 2 is 1.81 bits per heavy atom. The summed E-state index contributed by atoms with van der Waals surface area (Å²) in [5, 5.41) is 4.20. The molecule has 1 N–H and O–H groups in total. The summed E-state index contributed by atoms with van der Waals surface area (Å²) in [5.74, 6) is 0.858. The molecular weight excluding hydrogens is 354 g/mol. The fraction of sp³-hybridized carbons (Fsp3) is 0.227. The minimum Gasteiger partial charge on any atom is -0.497 e. The number of hydrogen-bond acceptors (Lipinski definition) is 2. The van der Waals surface area contributed by atoms with Crippen molar-refractivity contribution in [1.82, 2.24) is 9.47 Å². The van der Waals surface area contributed by atoms with E-state index in [9.17, 15) is 0 Å². The lowest BCUT2D eigenvalue weighted by Gasteiger charge is -2.39. The molecule has 0 amide bonds. The summed E-state index contributed by atoms with van der Waals surface area (Å²) in [6.07, 6.45) is 2.14. The van der Waals surface area contributed by atoms with Crippen LogP contribution in [-0.4, -0.2) is 28.2 Å². The number of benzene rings is 2. The van der Waals surface area contributed by atoms with Crippen molar-refractivity contribution in [1.29, 1.82) is 0 Å². The van der Waals surface area contributed by atoms with Crippen molar-refractivity contribution < 1.29 is 4.74 Å². The zero-order valence-corrected chi connectivity index (χ0v) is 16.4. The molecule has 0 fully saturated rings. The van der Waals surface area contributed by atoms with Gasteiger partial charge in [0, 0.05) is 30.7 Å². The van der Waals surface area contributed by atoms with Crippen molar-refractivity contribution in [2.75, 3.05) is 19.0 Å². The molecule has 0 saturated heterocycles. The Kier molecular flexibility index (Phi) is 4.86. The molecule has 1 atom stereocenters. The van der Waals surface area contributed by atoms with E-state index in [1.807, 2.05) is 24.3 Å². The van der Waals surface area contributed by atoms with Gasteiger partial charge in [-0.3, -0.25) is 0 Å². The highest BCUT2D eigenvalue weighted by atomic mass is 32.1. The van der Waals surface area contributed by atoms with Gasteiger partial charge >= 0.3 is 0 Å². The first kappa shape index (κ1) is 17.6. The van der Waals surface area contributed by atoms with Crippen LogP contribution in [0.4, 0.5) is 5.69 Å². The van der Waals surface area contributed by atoms with Gasteiger partial charge < -0.3 is 19.5 Å². The third-order valence-electron chi connectivity index (χ3n) is 5.12. The Hall–Kier alpha value is -2.79. The standard InChI is InChI=1S/C22H23N3OS/c1-16-6-3-4-7-19(16)23-22(27)25-15-14-24-13-5-8-20(24)21(25)17-9-11-18(26-2)12-10-17/h3-13,21H,14-15H2,1-2H3,(H,23,27)/t21-/m0/s1. The predicted molar refractivity (Wildman–Crippen MR) is 113 cm³/mol. The highest BCUT2D eigenvalue weighted by Gasteiger charge is 2.30. The maximum Gasteiger partial charge on any atom is 0.174 e. The van der Waals surface area contributed by atoms with Crippen LogP contribution in [0.15, 0.2) is 66.9 Å². The molecule has 1 aliphatic heterocycles. The normalized spacial score (nSPS) is 15.9. The van der Waals surface area contributed by atoms with Crippen LogP contribution >= 0.6 is 12.2 Å². The fourth-order valence-corrected chi connectivity index (χ4v) is 3.95. The Labute approximate surface area is 165 Å². The van der Waals surface area contributed by atoms with Crippen LogP contribution in [0.3, 0.4) is 0 Å². The van der Waals surface area contributed by atoms with Gasteiger partial charge in [0.15, 0.2) is 5.11 Å². The first-order chi connectivity index (χ1) is 13.2. The highest BCUT2D eigenvalue weighted by molar-refractivity contribution is 7.80. The zero-order valence-electron chi connectivity index (χ0n) is 15.6. The van der Waals surface area contributed by atoms with Crippen molar-refractivity contribution in [2.45, 2.75) is 19.5 Å². The number of rotatable bonds is 3. The Balaban J connectivity index is 1.67. The van der Waals surface area contributed by atoms with E-state index in [4.69, 9.17) is 17.0 Å². The van der Waals surface area contributed by atoms with Crippen LogP contribution in [0.5, 0.6) is 5.75 Å². The lowest BCUT2D eigenvalue weighted by molar-refractivity contribution is 0.293. The minimum atomic E-state index is 0.0728. The number of hydrogen-bond donors (Lipinski definition) is 1. The molecule has 138 valence electrons. The average molecular weight is 378 g/mol. The third kappa shape index (κ3) is 3.43. The molecule has 1 aliphatic rings. The SMILES string of the molecule is COc1ccc([C@H]2c3cccn3CCN2C(=S)Nc2ccccc2C)cc1. The summed E-state index contributed by atoms with van der Waals surface area (Å²) in [6.45, 7) is 3.87. The van der Waals surface area contributed by atoms with Gasteiger partial charge in [-0.05, 0) is 60.6 Å². The number of ether oxygens (including phenoxy) is 1. The molecule has 2 aromatic carbocycles. The average Bonchev–Trinajstić information content (AvgIpc) is 3.18. The molecule has 0 unspecified atom stereocenters. The Bertz CT molecular complexity index is 948. The van der Waals surface area contributed by atoms with Gasteiger partial charge in [0.25, 0.3) is 0 Å². The topological polar surface area (TPSA) is 29.4 Å². The summed E-state index contributed by atoms with van der Waals surface area (Å²) in [7, 11) is 1.69. The molecule has 3 aromatic rings. The number of nitrogens with zero attached hydrogens (tertiary/aromatic N) is 2. The van der Waals surface area contributed by atoms with Crippen molar-refractivity contribution in [3.05, 3.63) is 83.7 Å². The molecule has 0 saturated carbocycles. The van der Waals surface area contributed by atoms with Gasteiger partial charge in [0.2, 0.25) is 0 Å². The van der Waals surface area contributed by atoms with E-state index in [0.717, 1.165) is 29.6 Å². The van der Waals surface area contributed by atoms with E-state index in [2.05, 4.69) is 64.3 Å². The number of methoxy groups -OCH3 is 1. The van der Waals surface area contributed by atoms with Gasteiger partial charge in [0.05, 0.1) is 13.2 Å². The van der Waals surface area contributed by atoms with Crippen LogP contribution < -0.4 is 10.1 Å². The van der Waals surface area contributed by atoms with E-state index in [0.29, 0.717) is 0 Å². The first-order valence-corrected chi connectivity index (χ1v) is 9.50. The van der Waals surface area contributed by atoms with Gasteiger partial charge in [-0.1, -0.05) is 30.3 Å². The van der Waals surface area contributed by atoms with Crippen LogP contribution in [0.2, 0.25) is 0 Å². The first-order valence-electron chi connectivity index (χ1n) is 9.09. The van der Waals surface area contributed by atoms with Crippen LogP contribution in [0, 0.1) is 6.92 Å². The summed E-state index contributed by atoms with van der Waals surface area (Å²) in [6, 6.07) is 20.8. The van der Waals surface area contributed by atoms with Gasteiger partial charge in [-0.2, -0.15) is 0 Å². The second-order valence-electron chi connectivity index (χ2n) is 6.74. The van der Waals surface area contributed by atoms with E-state index < -0.39 is 0 Å². The number of para-hydroxylation sites is 1. The minimum absolute atomic E-state index is 0.0728. The molecule has 27 heavy (non-hydrogen) atoms. The molecule has 0 radical (unpaired) electrons. The number of fused-ring (bicyclic) bond motifs is 1. The molecule has 0 spiro atoms. The van der Waals surface area contributed by atoms with Crippen LogP contribution in [0.1, 0.15) is 22.9 Å². The zero-order chi connectivity index (χ0) is 18.8. The monoisotopic (exact) mass is 377 g/mol. The summed E-state index contributed by atoms with van der Waals surface area (Å²) in [5.41, 5.74) is 4.68. The number of aromatic nitrogens is 1. The van der Waals surface area contributed by atoms with Crippen molar-refractivity contribution in [2.24, 2.45) is 0 Å². The molecular formula is C22H23N3OS. The molecule has 1 aromatic heterocycles. The fourth-order valence-electron chi connectivity index (χ4n) is 3.64. The van der Waals surface area contributed by atoms with E-state index in [-0.39, 0.29) is 6.04 Å². The largest absolute Gasteiger partial charge is 0.497 e. The second-order valence-corrected chi connectivity index (χ2v) is 7.13. The van der Waals surface area contributed by atoms with Gasteiger partial charge in [-0.25, -0.2) is 0 Å². The lowest BCUT2D eigenvalue weighted by Crippen LogP contribution is -2.44. The van der Waals surface area contributed by atoms with Crippen LogP contribution in [-0.2, 0) is 6.54 Å². The van der Waals surface area contributed by atoms with Gasteiger partial charge in [0.1, 0.15) is 5.75 Å². The number of anilines is 1. The third-order valence-corrected chi connectivity index (χ3v) is 5.45. The quantitative estimate of drug-likeness (QED) is 0.675. The summed E-state index contributed by atoms with van der Waals surface area (Å²) < 4.78 is 7.63. The maximum atomic E-state index is 5.83. The second kappa shape index (κ2) is 7.45. The number of thiocarbonyl (C=S) groups is 1. The molecule has 0 aliphatic carbocycles. The molecule has 4 nitrogen and oxygen atoms in total. The lowest BCUT2D eigenvalue weighted by atomic mass is 10.00. The van der Waals surface area contributed by atoms with Crippen LogP contribution in [0.25, 0.3) is 0 Å². The van der Waals surface area contributed by atoms with E-state index >= 15 is 0 Å². The maximum absolute atomic E-state index is 5.83. The Morgan fingerprint density at radius 1 is 1.04 bits per heavy atom. The van der Waals surface area contributed by atoms with E-state index in [1.165, 1.54) is 16.8 Å². The molecule has 2 heterocycles. The smallest absolute Gasteiger partial charge is 0.174 e. The summed E-state index contributed by atoms with van der Waals surface area (Å²) >= 11 is 5.83. The molecule has 5 heteroatoms. The Morgan fingerprint density at radius 3 is 2.56 bits per heavy atom. The number of nitrogens with one attached hydrogen (secondary N) is 1. The van der Waals surface area contributed by atoms with Crippen molar-refractivity contribution in [3.8, 4) is 5.75 Å². The number of aryl methyl sites for hydroxylation is 1. The molecule has 0 bridgehead atoms.